The van der Waals surface area contributed by atoms with Gasteiger partial charge < -0.3 is 15.0 Å². The lowest BCUT2D eigenvalue weighted by Gasteiger charge is -2.16. The van der Waals surface area contributed by atoms with Crippen molar-refractivity contribution in [2.24, 2.45) is 5.92 Å². The Balaban J connectivity index is 1.51. The van der Waals surface area contributed by atoms with Gasteiger partial charge in [0, 0.05) is 28.8 Å². The van der Waals surface area contributed by atoms with Crippen LogP contribution in [0.5, 0.6) is 0 Å². The molecule has 0 saturated carbocycles. The van der Waals surface area contributed by atoms with E-state index in [0.717, 1.165) is 15.7 Å². The Hall–Kier alpha value is -2.67. The van der Waals surface area contributed by atoms with Gasteiger partial charge in [0.05, 0.1) is 5.92 Å². The molecule has 2 amide bonds. The highest BCUT2D eigenvalue weighted by molar-refractivity contribution is 9.10. The molecule has 1 fully saturated rings. The molecule has 0 spiro atoms. The molecule has 6 nitrogen and oxygen atoms in total. The van der Waals surface area contributed by atoms with Gasteiger partial charge >= 0.3 is 5.97 Å². The predicted octanol–water partition coefficient (Wildman–Crippen LogP) is 3.29. The van der Waals surface area contributed by atoms with Gasteiger partial charge in [-0.25, -0.2) is 0 Å². The summed E-state index contributed by atoms with van der Waals surface area (Å²) in [4.78, 5) is 38.0. The summed E-state index contributed by atoms with van der Waals surface area (Å²) in [5.74, 6) is -1.66. The maximum absolute atomic E-state index is 12.2. The third-order valence-corrected chi connectivity index (χ3v) is 4.81. The second-order valence-electron chi connectivity index (χ2n) is 6.40. The summed E-state index contributed by atoms with van der Waals surface area (Å²) in [6, 6.07) is 14.6. The molecule has 1 saturated heterocycles. The maximum Gasteiger partial charge on any atom is 0.311 e. The Kier molecular flexibility index (Phi) is 5.91. The van der Waals surface area contributed by atoms with Crippen molar-refractivity contribution in [1.29, 1.82) is 0 Å². The molecule has 1 atom stereocenters. The van der Waals surface area contributed by atoms with E-state index in [-0.39, 0.29) is 25.5 Å². The Morgan fingerprint density at radius 2 is 1.81 bits per heavy atom. The first-order valence-electron chi connectivity index (χ1n) is 8.51. The van der Waals surface area contributed by atoms with E-state index in [1.54, 1.807) is 29.2 Å². The number of ether oxygens (including phenoxy) is 1. The highest BCUT2D eigenvalue weighted by atomic mass is 79.9. The quantitative estimate of drug-likeness (QED) is 0.738. The number of hydrogen-bond donors (Lipinski definition) is 1. The third-order valence-electron chi connectivity index (χ3n) is 4.28. The van der Waals surface area contributed by atoms with Crippen LogP contribution in [-0.2, 0) is 19.1 Å². The fraction of sp³-hybridized carbons (Fsp3) is 0.250. The molecule has 140 valence electrons. The lowest BCUT2D eigenvalue weighted by atomic mass is 10.1. The highest BCUT2D eigenvalue weighted by Gasteiger charge is 2.36. The van der Waals surface area contributed by atoms with Crippen molar-refractivity contribution in [3.05, 3.63) is 58.6 Å². The Labute approximate surface area is 165 Å². The van der Waals surface area contributed by atoms with Gasteiger partial charge in [0.2, 0.25) is 5.91 Å². The summed E-state index contributed by atoms with van der Waals surface area (Å²) >= 11 is 3.32. The van der Waals surface area contributed by atoms with Crippen LogP contribution in [0.15, 0.2) is 53.0 Å². The molecule has 1 heterocycles. The zero-order chi connectivity index (χ0) is 19.4. The van der Waals surface area contributed by atoms with Crippen molar-refractivity contribution in [2.45, 2.75) is 13.3 Å². The van der Waals surface area contributed by atoms with Crippen LogP contribution >= 0.6 is 15.9 Å². The number of carbonyl (C=O) groups is 3. The van der Waals surface area contributed by atoms with Gasteiger partial charge in [0.25, 0.3) is 5.91 Å². The van der Waals surface area contributed by atoms with Crippen LogP contribution < -0.4 is 10.2 Å². The summed E-state index contributed by atoms with van der Waals surface area (Å²) < 4.78 is 6.00. The SMILES string of the molecule is Cc1ccc(N2C[C@H](C(=O)OCC(=O)Nc3ccc(Br)cc3)CC2=O)cc1. The van der Waals surface area contributed by atoms with Gasteiger partial charge in [-0.1, -0.05) is 33.6 Å². The average Bonchev–Trinajstić information content (AvgIpc) is 3.04. The number of hydrogen-bond acceptors (Lipinski definition) is 4. The monoisotopic (exact) mass is 430 g/mol. The van der Waals surface area contributed by atoms with E-state index in [0.29, 0.717) is 5.69 Å². The fourth-order valence-corrected chi connectivity index (χ4v) is 3.09. The number of carbonyl (C=O) groups excluding carboxylic acids is 3. The van der Waals surface area contributed by atoms with Crippen molar-refractivity contribution < 1.29 is 19.1 Å². The smallest absolute Gasteiger partial charge is 0.311 e. The molecule has 0 aliphatic carbocycles. The highest BCUT2D eigenvalue weighted by Crippen LogP contribution is 2.26. The lowest BCUT2D eigenvalue weighted by molar-refractivity contribution is -0.151. The Morgan fingerprint density at radius 1 is 1.15 bits per heavy atom. The topological polar surface area (TPSA) is 75.7 Å². The fourth-order valence-electron chi connectivity index (χ4n) is 2.82. The molecule has 1 N–H and O–H groups in total. The minimum atomic E-state index is -0.570. The van der Waals surface area contributed by atoms with Crippen molar-refractivity contribution in [3.8, 4) is 0 Å². The first-order valence-corrected chi connectivity index (χ1v) is 9.31. The van der Waals surface area contributed by atoms with Gasteiger partial charge in [-0.15, -0.1) is 0 Å². The number of amides is 2. The van der Waals surface area contributed by atoms with Crippen LogP contribution in [0.25, 0.3) is 0 Å². The zero-order valence-electron chi connectivity index (χ0n) is 14.8. The Bertz CT molecular complexity index is 849. The molecule has 0 radical (unpaired) electrons. The molecule has 0 bridgehead atoms. The number of nitrogens with zero attached hydrogens (tertiary/aromatic N) is 1. The average molecular weight is 431 g/mol. The van der Waals surface area contributed by atoms with E-state index in [2.05, 4.69) is 21.2 Å². The van der Waals surface area contributed by atoms with Crippen molar-refractivity contribution in [3.63, 3.8) is 0 Å². The number of nitrogens with one attached hydrogen (secondary N) is 1. The number of aryl methyl sites for hydroxylation is 1. The van der Waals surface area contributed by atoms with Gasteiger partial charge in [-0.05, 0) is 43.3 Å². The number of benzene rings is 2. The Morgan fingerprint density at radius 3 is 2.48 bits per heavy atom. The minimum Gasteiger partial charge on any atom is -0.455 e. The van der Waals surface area contributed by atoms with Crippen molar-refractivity contribution >= 4 is 45.1 Å². The number of rotatable bonds is 5. The summed E-state index contributed by atoms with van der Waals surface area (Å²) in [6.45, 7) is 1.84. The van der Waals surface area contributed by atoms with Crippen LogP contribution in [0.1, 0.15) is 12.0 Å². The molecule has 7 heteroatoms. The van der Waals surface area contributed by atoms with Crippen LogP contribution in [0.2, 0.25) is 0 Å². The van der Waals surface area contributed by atoms with Crippen LogP contribution in [0.4, 0.5) is 11.4 Å². The second kappa shape index (κ2) is 8.35. The standard InChI is InChI=1S/C20H19BrN2O4/c1-13-2-8-17(9-3-13)23-11-14(10-19(23)25)20(26)27-12-18(24)22-16-6-4-15(21)5-7-16/h2-9,14H,10-12H2,1H3,(H,22,24)/t14-/m1/s1. The zero-order valence-corrected chi connectivity index (χ0v) is 16.4. The summed E-state index contributed by atoms with van der Waals surface area (Å²) in [5.41, 5.74) is 2.47. The summed E-state index contributed by atoms with van der Waals surface area (Å²) in [6.07, 6.45) is 0.0844. The number of halogens is 1. The molecule has 1 aliphatic rings. The number of esters is 1. The van der Waals surface area contributed by atoms with E-state index in [4.69, 9.17) is 4.74 Å². The van der Waals surface area contributed by atoms with E-state index in [9.17, 15) is 14.4 Å². The van der Waals surface area contributed by atoms with Crippen LogP contribution in [0, 0.1) is 12.8 Å². The van der Waals surface area contributed by atoms with Crippen molar-refractivity contribution in [1.82, 2.24) is 0 Å². The minimum absolute atomic E-state index is 0.0844. The molecular formula is C20H19BrN2O4. The first-order chi connectivity index (χ1) is 12.9. The third kappa shape index (κ3) is 4.95. The largest absolute Gasteiger partial charge is 0.455 e. The second-order valence-corrected chi connectivity index (χ2v) is 7.32. The van der Waals surface area contributed by atoms with Gasteiger partial charge in [0.15, 0.2) is 6.61 Å². The summed E-state index contributed by atoms with van der Waals surface area (Å²) in [5, 5.41) is 2.65. The van der Waals surface area contributed by atoms with E-state index >= 15 is 0 Å². The number of anilines is 2. The van der Waals surface area contributed by atoms with Crippen LogP contribution in [-0.4, -0.2) is 30.9 Å². The summed E-state index contributed by atoms with van der Waals surface area (Å²) in [7, 11) is 0. The van der Waals surface area contributed by atoms with Crippen molar-refractivity contribution in [2.75, 3.05) is 23.4 Å². The molecule has 2 aromatic carbocycles. The molecular weight excluding hydrogens is 412 g/mol. The molecule has 0 aromatic heterocycles. The van der Waals surface area contributed by atoms with Gasteiger partial charge in [-0.3, -0.25) is 14.4 Å². The molecule has 27 heavy (non-hydrogen) atoms. The predicted molar refractivity (Wildman–Crippen MR) is 105 cm³/mol. The van der Waals surface area contributed by atoms with Crippen LogP contribution in [0.3, 0.4) is 0 Å². The van der Waals surface area contributed by atoms with E-state index in [1.165, 1.54) is 0 Å². The maximum atomic E-state index is 12.2. The molecule has 3 rings (SSSR count). The molecule has 0 unspecified atom stereocenters. The van der Waals surface area contributed by atoms with Gasteiger partial charge in [-0.2, -0.15) is 0 Å². The molecule has 2 aromatic rings. The normalized spacial score (nSPS) is 16.3. The lowest BCUT2D eigenvalue weighted by Crippen LogP contribution is -2.28. The first kappa shape index (κ1) is 19.1. The molecule has 1 aliphatic heterocycles. The van der Waals surface area contributed by atoms with E-state index < -0.39 is 17.8 Å². The van der Waals surface area contributed by atoms with E-state index in [1.807, 2.05) is 31.2 Å². The van der Waals surface area contributed by atoms with Gasteiger partial charge in [0.1, 0.15) is 0 Å².